The van der Waals surface area contributed by atoms with Crippen LogP contribution in [0.25, 0.3) is 0 Å². The maximum absolute atomic E-state index is 11.9. The number of nitrogens with zero attached hydrogens (tertiary/aromatic N) is 3. The minimum atomic E-state index is 0.117. The van der Waals surface area contributed by atoms with E-state index >= 15 is 0 Å². The van der Waals surface area contributed by atoms with E-state index in [1.165, 1.54) is 6.33 Å². The van der Waals surface area contributed by atoms with Gasteiger partial charge in [0.2, 0.25) is 5.91 Å². The lowest BCUT2D eigenvalue weighted by Crippen LogP contribution is -2.33. The molecule has 0 aliphatic carbocycles. The number of nitrogens with two attached hydrogens (primary N) is 1. The summed E-state index contributed by atoms with van der Waals surface area (Å²) in [6, 6.07) is 0. The first kappa shape index (κ1) is 12.6. The van der Waals surface area contributed by atoms with Crippen LogP contribution in [0.5, 0.6) is 0 Å². The second kappa shape index (κ2) is 5.66. The molecule has 1 aromatic rings. The molecule has 18 heavy (non-hydrogen) atoms. The molecule has 1 aliphatic rings. The van der Waals surface area contributed by atoms with E-state index in [1.54, 1.807) is 0 Å². The molecule has 1 fully saturated rings. The molecule has 0 aromatic carbocycles. The van der Waals surface area contributed by atoms with Gasteiger partial charge in [0.05, 0.1) is 6.54 Å². The van der Waals surface area contributed by atoms with Crippen molar-refractivity contribution in [3.05, 3.63) is 11.9 Å². The summed E-state index contributed by atoms with van der Waals surface area (Å²) in [7, 11) is 0. The first-order chi connectivity index (χ1) is 8.72. The number of hydrogen-bond acceptors (Lipinski definition) is 5. The number of nitrogens with one attached hydrogen (secondary N) is 1. The zero-order valence-electron chi connectivity index (χ0n) is 10.6. The number of rotatable bonds is 4. The predicted octanol–water partition coefficient (Wildman–Crippen LogP) is 0.655. The lowest BCUT2D eigenvalue weighted by molar-refractivity contribution is -0.128. The first-order valence-corrected chi connectivity index (χ1v) is 6.33. The molecule has 0 atom stereocenters. The van der Waals surface area contributed by atoms with E-state index in [0.29, 0.717) is 11.6 Å². The van der Waals surface area contributed by atoms with Crippen molar-refractivity contribution in [2.24, 2.45) is 0 Å². The highest BCUT2D eigenvalue weighted by Crippen LogP contribution is 2.17. The van der Waals surface area contributed by atoms with E-state index in [0.717, 1.165) is 37.9 Å². The van der Waals surface area contributed by atoms with Crippen LogP contribution in [0.15, 0.2) is 6.33 Å². The Bertz CT molecular complexity index is 428. The third-order valence-electron chi connectivity index (χ3n) is 3.20. The molecule has 1 saturated heterocycles. The van der Waals surface area contributed by atoms with Gasteiger partial charge in [-0.2, -0.15) is 0 Å². The van der Waals surface area contributed by atoms with Crippen LogP contribution >= 0.6 is 0 Å². The monoisotopic (exact) mass is 249 g/mol. The minimum absolute atomic E-state index is 0.117. The molecule has 2 heterocycles. The van der Waals surface area contributed by atoms with Crippen LogP contribution in [0, 0.1) is 0 Å². The quantitative estimate of drug-likeness (QED) is 0.818. The van der Waals surface area contributed by atoms with Crippen molar-refractivity contribution in [2.45, 2.75) is 26.2 Å². The molecule has 3 N–H and O–H groups in total. The summed E-state index contributed by atoms with van der Waals surface area (Å²) in [6.07, 6.45) is 4.36. The summed E-state index contributed by atoms with van der Waals surface area (Å²) in [5.41, 5.74) is 6.64. The number of amides is 1. The molecule has 1 amide bonds. The Balaban J connectivity index is 1.97. The van der Waals surface area contributed by atoms with Crippen molar-refractivity contribution >= 4 is 17.5 Å². The topological polar surface area (TPSA) is 84.1 Å². The second-order valence-corrected chi connectivity index (χ2v) is 4.38. The highest BCUT2D eigenvalue weighted by Gasteiger charge is 2.18. The number of anilines is 2. The highest BCUT2D eigenvalue weighted by atomic mass is 16.2. The van der Waals surface area contributed by atoms with E-state index in [9.17, 15) is 4.79 Å². The van der Waals surface area contributed by atoms with E-state index < -0.39 is 0 Å². The maximum atomic E-state index is 11.9. The SMILES string of the molecule is CCc1c(N)ncnc1NCC(=O)N1CCCC1. The Hall–Kier alpha value is -1.85. The van der Waals surface area contributed by atoms with Gasteiger partial charge in [-0.1, -0.05) is 6.92 Å². The Morgan fingerprint density at radius 1 is 1.44 bits per heavy atom. The van der Waals surface area contributed by atoms with Gasteiger partial charge in [-0.05, 0) is 19.3 Å². The molecule has 0 bridgehead atoms. The highest BCUT2D eigenvalue weighted by molar-refractivity contribution is 5.81. The predicted molar refractivity (Wildman–Crippen MR) is 70.1 cm³/mol. The number of likely N-dealkylation sites (tertiary alicyclic amines) is 1. The van der Waals surface area contributed by atoms with Crippen LogP contribution in [0.2, 0.25) is 0 Å². The molecule has 2 rings (SSSR count). The summed E-state index contributed by atoms with van der Waals surface area (Å²) in [4.78, 5) is 21.9. The fraction of sp³-hybridized carbons (Fsp3) is 0.583. The Morgan fingerprint density at radius 2 is 2.17 bits per heavy atom. The van der Waals surface area contributed by atoms with Crippen LogP contribution in [0.4, 0.5) is 11.6 Å². The third-order valence-corrected chi connectivity index (χ3v) is 3.20. The summed E-state index contributed by atoms with van der Waals surface area (Å²) in [5, 5.41) is 3.06. The van der Waals surface area contributed by atoms with Gasteiger partial charge in [-0.3, -0.25) is 4.79 Å². The summed E-state index contributed by atoms with van der Waals surface area (Å²) < 4.78 is 0. The zero-order chi connectivity index (χ0) is 13.0. The number of nitrogen functional groups attached to an aromatic ring is 1. The van der Waals surface area contributed by atoms with E-state index in [4.69, 9.17) is 5.73 Å². The number of hydrogen-bond donors (Lipinski definition) is 2. The largest absolute Gasteiger partial charge is 0.383 e. The van der Waals surface area contributed by atoms with Gasteiger partial charge in [0, 0.05) is 18.7 Å². The lowest BCUT2D eigenvalue weighted by atomic mass is 10.2. The fourth-order valence-corrected chi connectivity index (χ4v) is 2.16. The van der Waals surface area contributed by atoms with Crippen molar-refractivity contribution in [3.8, 4) is 0 Å². The fourth-order valence-electron chi connectivity index (χ4n) is 2.16. The standard InChI is InChI=1S/C12H19N5O/c1-2-9-11(13)15-8-16-12(9)14-7-10(18)17-5-3-4-6-17/h8H,2-7H2,1H3,(H3,13,14,15,16). The maximum Gasteiger partial charge on any atom is 0.241 e. The van der Waals surface area contributed by atoms with E-state index in [-0.39, 0.29) is 12.5 Å². The van der Waals surface area contributed by atoms with Crippen LogP contribution in [-0.4, -0.2) is 40.4 Å². The molecule has 1 aromatic heterocycles. The lowest BCUT2D eigenvalue weighted by Gasteiger charge is -2.16. The Labute approximate surface area is 107 Å². The number of carbonyl (C=O) groups is 1. The molecule has 98 valence electrons. The molecule has 6 heteroatoms. The first-order valence-electron chi connectivity index (χ1n) is 6.33. The van der Waals surface area contributed by atoms with Crippen molar-refractivity contribution in [2.75, 3.05) is 30.7 Å². The normalized spacial score (nSPS) is 14.8. The number of carbonyl (C=O) groups excluding carboxylic acids is 1. The summed E-state index contributed by atoms with van der Waals surface area (Å²) in [6.45, 7) is 3.99. The van der Waals surface area contributed by atoms with Gasteiger partial charge < -0.3 is 16.0 Å². The average Bonchev–Trinajstić information content (AvgIpc) is 2.90. The van der Waals surface area contributed by atoms with Crippen LogP contribution in [0.1, 0.15) is 25.3 Å². The van der Waals surface area contributed by atoms with Gasteiger partial charge in [0.25, 0.3) is 0 Å². The molecule has 0 radical (unpaired) electrons. The van der Waals surface area contributed by atoms with Crippen LogP contribution < -0.4 is 11.1 Å². The van der Waals surface area contributed by atoms with Crippen molar-refractivity contribution in [1.82, 2.24) is 14.9 Å². The Kier molecular flexibility index (Phi) is 3.96. The van der Waals surface area contributed by atoms with Crippen LogP contribution in [0.3, 0.4) is 0 Å². The van der Waals surface area contributed by atoms with Gasteiger partial charge >= 0.3 is 0 Å². The van der Waals surface area contributed by atoms with Gasteiger partial charge in [0.1, 0.15) is 18.0 Å². The summed E-state index contributed by atoms with van der Waals surface area (Å²) >= 11 is 0. The van der Waals surface area contributed by atoms with Crippen molar-refractivity contribution < 1.29 is 4.79 Å². The minimum Gasteiger partial charge on any atom is -0.383 e. The van der Waals surface area contributed by atoms with Crippen molar-refractivity contribution in [3.63, 3.8) is 0 Å². The second-order valence-electron chi connectivity index (χ2n) is 4.38. The van der Waals surface area contributed by atoms with Gasteiger partial charge in [0.15, 0.2) is 0 Å². The molecular formula is C12H19N5O. The summed E-state index contributed by atoms with van der Waals surface area (Å²) in [5.74, 6) is 1.26. The van der Waals surface area contributed by atoms with E-state index in [1.807, 2.05) is 11.8 Å². The molecular weight excluding hydrogens is 230 g/mol. The third kappa shape index (κ3) is 2.69. The van der Waals surface area contributed by atoms with Crippen LogP contribution in [-0.2, 0) is 11.2 Å². The van der Waals surface area contributed by atoms with Gasteiger partial charge in [-0.25, -0.2) is 9.97 Å². The molecule has 0 spiro atoms. The smallest absolute Gasteiger partial charge is 0.241 e. The van der Waals surface area contributed by atoms with Crippen molar-refractivity contribution in [1.29, 1.82) is 0 Å². The molecule has 0 saturated carbocycles. The number of aromatic nitrogens is 2. The van der Waals surface area contributed by atoms with Gasteiger partial charge in [-0.15, -0.1) is 0 Å². The Morgan fingerprint density at radius 3 is 2.83 bits per heavy atom. The molecule has 0 unspecified atom stereocenters. The zero-order valence-corrected chi connectivity index (χ0v) is 10.6. The molecule has 1 aliphatic heterocycles. The molecule has 6 nitrogen and oxygen atoms in total. The average molecular weight is 249 g/mol. The van der Waals surface area contributed by atoms with E-state index in [2.05, 4.69) is 15.3 Å².